The number of rotatable bonds is 6. The number of allylic oxidation sites excluding steroid dienone is 2. The van der Waals surface area contributed by atoms with Crippen molar-refractivity contribution in [2.75, 3.05) is 13.2 Å². The van der Waals surface area contributed by atoms with Crippen molar-refractivity contribution in [2.45, 2.75) is 77.7 Å². The van der Waals surface area contributed by atoms with Crippen LogP contribution in [0, 0.1) is 28.6 Å². The van der Waals surface area contributed by atoms with Gasteiger partial charge in [-0.15, -0.1) is 0 Å². The second-order valence-electron chi connectivity index (χ2n) is 12.5. The van der Waals surface area contributed by atoms with E-state index in [1.165, 1.54) is 30.2 Å². The van der Waals surface area contributed by atoms with Crippen molar-refractivity contribution < 1.29 is 14.7 Å². The summed E-state index contributed by atoms with van der Waals surface area (Å²) in [7, 11) is 0. The van der Waals surface area contributed by atoms with Gasteiger partial charge >= 0.3 is 0 Å². The van der Waals surface area contributed by atoms with Crippen LogP contribution < -0.4 is 5.32 Å². The molecule has 2 aromatic rings. The highest BCUT2D eigenvalue weighted by Gasteiger charge is 2.58. The van der Waals surface area contributed by atoms with Crippen molar-refractivity contribution in [3.05, 3.63) is 47.7 Å². The van der Waals surface area contributed by atoms with E-state index < -0.39 is 0 Å². The molecule has 1 amide bonds. The minimum Gasteiger partial charge on any atom is -0.393 e. The number of aromatic amines is 1. The highest BCUT2D eigenvalue weighted by Crippen LogP contribution is 2.65. The maximum absolute atomic E-state index is 12.3. The van der Waals surface area contributed by atoms with Crippen molar-refractivity contribution in [1.82, 2.24) is 10.3 Å². The number of nitrogens with one attached hydrogen (secondary N) is 2. The minimum absolute atomic E-state index is 0.0517. The van der Waals surface area contributed by atoms with Gasteiger partial charge in [-0.2, -0.15) is 0 Å². The molecule has 0 bridgehead atoms. The third kappa shape index (κ3) is 4.41. The molecular weight excluding hydrogens is 462 g/mol. The van der Waals surface area contributed by atoms with Gasteiger partial charge < -0.3 is 20.2 Å². The lowest BCUT2D eigenvalue weighted by molar-refractivity contribution is -0.125. The molecule has 0 unspecified atom stereocenters. The van der Waals surface area contributed by atoms with Crippen LogP contribution in [0.1, 0.15) is 70.9 Å². The van der Waals surface area contributed by atoms with E-state index in [1.54, 1.807) is 0 Å². The molecule has 3 fully saturated rings. The van der Waals surface area contributed by atoms with Gasteiger partial charge in [0, 0.05) is 24.2 Å². The molecule has 6 atom stereocenters. The Hall–Kier alpha value is -2.60. The molecule has 6 heteroatoms. The standard InChI is InChI=1S/C31H41N3O3/c1-30-14-11-23(18-21(30)7-8-24-25-9-10-28(35)31(25,2)15-12-26(24)30)34-37-19-29(36)32-16-13-22-17-20-5-3-4-6-27(20)33-22/h3-6,17-18,24-26,28,33,35H,7-16,19H2,1-2H3,(H,32,36)/t24-,25-,26-,28+,30+,31+/m1/s1. The quantitative estimate of drug-likeness (QED) is 0.454. The Morgan fingerprint density at radius 3 is 2.86 bits per heavy atom. The number of nitrogens with zero attached hydrogens (tertiary/aromatic N) is 1. The molecule has 6 nitrogen and oxygen atoms in total. The summed E-state index contributed by atoms with van der Waals surface area (Å²) < 4.78 is 0. The number of para-hydroxylation sites is 1. The van der Waals surface area contributed by atoms with Gasteiger partial charge in [-0.3, -0.25) is 4.79 Å². The predicted octanol–water partition coefficient (Wildman–Crippen LogP) is 5.52. The smallest absolute Gasteiger partial charge is 0.260 e. The maximum atomic E-state index is 12.3. The molecule has 4 aliphatic carbocycles. The average molecular weight is 504 g/mol. The van der Waals surface area contributed by atoms with E-state index >= 15 is 0 Å². The van der Waals surface area contributed by atoms with Gasteiger partial charge in [0.25, 0.3) is 5.91 Å². The third-order valence-corrected chi connectivity index (χ3v) is 10.6. The van der Waals surface area contributed by atoms with Gasteiger partial charge in [0.15, 0.2) is 6.61 Å². The van der Waals surface area contributed by atoms with Crippen molar-refractivity contribution in [3.8, 4) is 0 Å². The molecule has 0 saturated heterocycles. The summed E-state index contributed by atoms with van der Waals surface area (Å²) >= 11 is 0. The van der Waals surface area contributed by atoms with Crippen LogP contribution in [-0.2, 0) is 16.1 Å². The Morgan fingerprint density at radius 1 is 1.14 bits per heavy atom. The van der Waals surface area contributed by atoms with E-state index in [2.05, 4.69) is 53.6 Å². The predicted molar refractivity (Wildman–Crippen MR) is 146 cm³/mol. The highest BCUT2D eigenvalue weighted by molar-refractivity contribution is 5.96. The van der Waals surface area contributed by atoms with Crippen LogP contribution in [0.2, 0.25) is 0 Å². The number of H-pyrrole nitrogens is 1. The number of amides is 1. The average Bonchev–Trinajstić information content (AvgIpc) is 3.44. The molecule has 1 aromatic carbocycles. The van der Waals surface area contributed by atoms with E-state index in [-0.39, 0.29) is 29.4 Å². The van der Waals surface area contributed by atoms with Crippen LogP contribution in [0.4, 0.5) is 0 Å². The van der Waals surface area contributed by atoms with Gasteiger partial charge in [0.1, 0.15) is 0 Å². The minimum atomic E-state index is -0.140. The summed E-state index contributed by atoms with van der Waals surface area (Å²) in [6, 6.07) is 10.3. The normalized spacial score (nSPS) is 36.0. The first kappa shape index (κ1) is 24.7. The van der Waals surface area contributed by atoms with Gasteiger partial charge in [-0.25, -0.2) is 0 Å². The second-order valence-corrected chi connectivity index (χ2v) is 12.5. The number of hydrogen-bond donors (Lipinski definition) is 3. The lowest BCUT2D eigenvalue weighted by Crippen LogP contribution is -2.51. The molecule has 6 rings (SSSR count). The number of carbonyl (C=O) groups is 1. The zero-order valence-electron chi connectivity index (χ0n) is 22.3. The van der Waals surface area contributed by atoms with Crippen molar-refractivity contribution >= 4 is 22.5 Å². The number of aromatic nitrogens is 1. The topological polar surface area (TPSA) is 86.7 Å². The van der Waals surface area contributed by atoms with Gasteiger partial charge in [-0.05, 0) is 104 Å². The van der Waals surface area contributed by atoms with Crippen LogP contribution in [0.15, 0.2) is 47.1 Å². The first-order chi connectivity index (χ1) is 17.9. The lowest BCUT2D eigenvalue weighted by atomic mass is 9.47. The van der Waals surface area contributed by atoms with E-state index in [9.17, 15) is 9.90 Å². The number of oxime groups is 1. The Morgan fingerprint density at radius 2 is 2.00 bits per heavy atom. The van der Waals surface area contributed by atoms with Gasteiger partial charge in [0.05, 0.1) is 11.8 Å². The summed E-state index contributed by atoms with van der Waals surface area (Å²) in [6.45, 7) is 5.33. The summed E-state index contributed by atoms with van der Waals surface area (Å²) in [5.74, 6) is 1.98. The first-order valence-electron chi connectivity index (χ1n) is 14.3. The molecule has 1 aromatic heterocycles. The SMILES string of the molecule is C[C@]12CC[C@@H]3[C@H](CCC4=CC(=NOCC(=O)NCCc5cc6ccccc6[nH]5)CC[C@@]43C)[C@H]1CC[C@@H]2O. The van der Waals surface area contributed by atoms with Crippen molar-refractivity contribution in [1.29, 1.82) is 0 Å². The summed E-state index contributed by atoms with van der Waals surface area (Å²) in [6.07, 6.45) is 11.8. The van der Waals surface area contributed by atoms with E-state index in [0.717, 1.165) is 61.4 Å². The number of benzene rings is 1. The van der Waals surface area contributed by atoms with Gasteiger partial charge in [0.2, 0.25) is 0 Å². The monoisotopic (exact) mass is 503 g/mol. The molecule has 37 heavy (non-hydrogen) atoms. The van der Waals surface area contributed by atoms with Crippen molar-refractivity contribution in [3.63, 3.8) is 0 Å². The van der Waals surface area contributed by atoms with Crippen LogP contribution in [-0.4, -0.2) is 41.0 Å². The number of carbonyl (C=O) groups excluding carboxylic acids is 1. The van der Waals surface area contributed by atoms with Gasteiger partial charge in [-0.1, -0.05) is 42.8 Å². The van der Waals surface area contributed by atoms with E-state index in [0.29, 0.717) is 18.4 Å². The highest BCUT2D eigenvalue weighted by atomic mass is 16.6. The molecule has 0 radical (unpaired) electrons. The van der Waals surface area contributed by atoms with E-state index in [4.69, 9.17) is 4.84 Å². The molecule has 3 N–H and O–H groups in total. The second kappa shape index (κ2) is 9.61. The Kier molecular flexibility index (Phi) is 6.42. The van der Waals surface area contributed by atoms with Crippen LogP contribution in [0.25, 0.3) is 10.9 Å². The Balaban J connectivity index is 1.01. The molecule has 3 saturated carbocycles. The summed E-state index contributed by atoms with van der Waals surface area (Å²) in [4.78, 5) is 21.1. The number of hydrogen-bond acceptors (Lipinski definition) is 4. The fraction of sp³-hybridized carbons (Fsp3) is 0.613. The fourth-order valence-corrected chi connectivity index (χ4v) is 8.45. The fourth-order valence-electron chi connectivity index (χ4n) is 8.45. The Labute approximate surface area is 219 Å². The molecule has 198 valence electrons. The van der Waals surface area contributed by atoms with Crippen LogP contribution in [0.5, 0.6) is 0 Å². The number of fused-ring (bicyclic) bond motifs is 6. The molecule has 4 aliphatic rings. The zero-order valence-corrected chi connectivity index (χ0v) is 22.3. The first-order valence-corrected chi connectivity index (χ1v) is 14.3. The maximum Gasteiger partial charge on any atom is 0.260 e. The molecular formula is C31H41N3O3. The molecule has 0 spiro atoms. The summed E-state index contributed by atoms with van der Waals surface area (Å²) in [5.41, 5.74) is 5.08. The zero-order chi connectivity index (χ0) is 25.6. The number of aliphatic hydroxyl groups excluding tert-OH is 1. The summed E-state index contributed by atoms with van der Waals surface area (Å²) in [5, 5.41) is 19.2. The largest absolute Gasteiger partial charge is 0.393 e. The lowest BCUT2D eigenvalue weighted by Gasteiger charge is -2.57. The van der Waals surface area contributed by atoms with Crippen LogP contribution >= 0.6 is 0 Å². The van der Waals surface area contributed by atoms with Crippen LogP contribution in [0.3, 0.4) is 0 Å². The van der Waals surface area contributed by atoms with Crippen molar-refractivity contribution in [2.24, 2.45) is 33.7 Å². The third-order valence-electron chi connectivity index (χ3n) is 10.6. The number of aliphatic hydroxyl groups is 1. The Bertz CT molecular complexity index is 1200. The molecule has 1 heterocycles. The van der Waals surface area contributed by atoms with E-state index in [1.807, 2.05) is 12.1 Å². The molecule has 0 aliphatic heterocycles.